The Balaban J connectivity index is 2.18. The van der Waals surface area contributed by atoms with Gasteiger partial charge in [-0.15, -0.1) is 11.3 Å². The van der Waals surface area contributed by atoms with Gasteiger partial charge in [-0.1, -0.05) is 0 Å². The van der Waals surface area contributed by atoms with Gasteiger partial charge in [0.05, 0.1) is 9.47 Å². The molecule has 0 aromatic carbocycles. The summed E-state index contributed by atoms with van der Waals surface area (Å²) < 4.78 is 1.08. The average molecular weight is 261 g/mol. The molecular formula is C9H13BrN2S. The minimum atomic E-state index is 0.622. The van der Waals surface area contributed by atoms with Crippen molar-refractivity contribution in [1.82, 2.24) is 5.32 Å². The van der Waals surface area contributed by atoms with Gasteiger partial charge in [-0.2, -0.15) is 0 Å². The minimum absolute atomic E-state index is 0.622. The van der Waals surface area contributed by atoms with Gasteiger partial charge in [-0.05, 0) is 52.2 Å². The molecule has 2 rings (SSSR count). The van der Waals surface area contributed by atoms with Crippen LogP contribution in [0.5, 0.6) is 0 Å². The highest BCUT2D eigenvalue weighted by Gasteiger charge is 2.19. The third kappa shape index (κ3) is 1.90. The van der Waals surface area contributed by atoms with E-state index in [2.05, 4.69) is 26.6 Å². The van der Waals surface area contributed by atoms with Crippen LogP contribution in [-0.4, -0.2) is 13.1 Å². The Kier molecular flexibility index (Phi) is 2.91. The van der Waals surface area contributed by atoms with Crippen molar-refractivity contribution >= 4 is 33.0 Å². The van der Waals surface area contributed by atoms with Gasteiger partial charge in [0.1, 0.15) is 0 Å². The molecule has 72 valence electrons. The van der Waals surface area contributed by atoms with Crippen molar-refractivity contribution < 1.29 is 0 Å². The summed E-state index contributed by atoms with van der Waals surface area (Å²) in [5.41, 5.74) is 8.24. The fourth-order valence-electron chi connectivity index (χ4n) is 1.79. The van der Waals surface area contributed by atoms with E-state index >= 15 is 0 Å². The molecule has 0 spiro atoms. The molecule has 1 aliphatic rings. The first-order valence-electron chi connectivity index (χ1n) is 4.52. The summed E-state index contributed by atoms with van der Waals surface area (Å²) in [6.45, 7) is 2.23. The van der Waals surface area contributed by atoms with Crippen LogP contribution in [0.2, 0.25) is 0 Å². The first-order chi connectivity index (χ1) is 6.29. The Hall–Kier alpha value is -0.0600. The Morgan fingerprint density at radius 2 is 2.46 bits per heavy atom. The first-order valence-corrected chi connectivity index (χ1v) is 6.19. The highest BCUT2D eigenvalue weighted by atomic mass is 79.9. The van der Waals surface area contributed by atoms with E-state index < -0.39 is 0 Å². The molecule has 0 saturated carbocycles. The summed E-state index contributed by atoms with van der Waals surface area (Å²) in [7, 11) is 0. The summed E-state index contributed by atoms with van der Waals surface area (Å²) in [6.07, 6.45) is 2.53. The number of piperidine rings is 1. The predicted molar refractivity (Wildman–Crippen MR) is 61.3 cm³/mol. The number of nitrogens with two attached hydrogens (primary N) is 1. The van der Waals surface area contributed by atoms with Crippen LogP contribution >= 0.6 is 27.3 Å². The normalized spacial score (nSPS) is 23.3. The molecular weight excluding hydrogens is 248 g/mol. The summed E-state index contributed by atoms with van der Waals surface area (Å²) in [4.78, 5) is 0. The molecule has 2 nitrogen and oxygen atoms in total. The standard InChI is InChI=1S/C9H13BrN2S/c10-9-8(11)7(5-13-9)6-2-1-3-12-4-6/h5-6,12H,1-4,11H2. The first kappa shape index (κ1) is 9.49. The highest BCUT2D eigenvalue weighted by molar-refractivity contribution is 9.11. The molecule has 1 aromatic heterocycles. The number of nitrogen functional groups attached to an aromatic ring is 1. The molecule has 1 atom stereocenters. The molecule has 0 aliphatic carbocycles. The molecule has 13 heavy (non-hydrogen) atoms. The van der Waals surface area contributed by atoms with Crippen LogP contribution in [-0.2, 0) is 0 Å². The van der Waals surface area contributed by atoms with E-state index in [0.717, 1.165) is 22.6 Å². The maximum absolute atomic E-state index is 5.97. The van der Waals surface area contributed by atoms with E-state index in [4.69, 9.17) is 5.73 Å². The molecule has 1 unspecified atom stereocenters. The lowest BCUT2D eigenvalue weighted by atomic mass is 9.93. The lowest BCUT2D eigenvalue weighted by molar-refractivity contribution is 0.463. The van der Waals surface area contributed by atoms with Gasteiger partial charge in [0.25, 0.3) is 0 Å². The number of nitrogens with one attached hydrogen (secondary N) is 1. The van der Waals surface area contributed by atoms with Crippen molar-refractivity contribution in [3.63, 3.8) is 0 Å². The summed E-state index contributed by atoms with van der Waals surface area (Å²) in [6, 6.07) is 0. The molecule has 2 heterocycles. The summed E-state index contributed by atoms with van der Waals surface area (Å²) in [5, 5.41) is 5.58. The molecule has 1 saturated heterocycles. The quantitative estimate of drug-likeness (QED) is 0.815. The third-order valence-electron chi connectivity index (χ3n) is 2.55. The smallest absolute Gasteiger partial charge is 0.0930 e. The van der Waals surface area contributed by atoms with Crippen LogP contribution < -0.4 is 11.1 Å². The van der Waals surface area contributed by atoms with Crippen LogP contribution in [0.1, 0.15) is 24.3 Å². The Morgan fingerprint density at radius 1 is 1.62 bits per heavy atom. The SMILES string of the molecule is Nc1c(C2CCCNC2)csc1Br. The Morgan fingerprint density at radius 3 is 3.00 bits per heavy atom. The monoisotopic (exact) mass is 260 g/mol. The molecule has 0 bridgehead atoms. The van der Waals surface area contributed by atoms with Gasteiger partial charge in [-0.3, -0.25) is 0 Å². The number of anilines is 1. The second-order valence-corrected chi connectivity index (χ2v) is 5.62. The fraction of sp³-hybridized carbons (Fsp3) is 0.556. The zero-order valence-electron chi connectivity index (χ0n) is 7.35. The second-order valence-electron chi connectivity index (χ2n) is 3.42. The topological polar surface area (TPSA) is 38.0 Å². The van der Waals surface area contributed by atoms with Gasteiger partial charge in [0, 0.05) is 6.54 Å². The van der Waals surface area contributed by atoms with Crippen molar-refractivity contribution in [2.75, 3.05) is 18.8 Å². The van der Waals surface area contributed by atoms with Crippen LogP contribution in [0, 0.1) is 0 Å². The Bertz CT molecular complexity index is 292. The van der Waals surface area contributed by atoms with E-state index in [1.165, 1.54) is 18.4 Å². The van der Waals surface area contributed by atoms with Crippen LogP contribution in [0.25, 0.3) is 0 Å². The van der Waals surface area contributed by atoms with Gasteiger partial charge in [-0.25, -0.2) is 0 Å². The van der Waals surface area contributed by atoms with Crippen molar-refractivity contribution in [3.05, 3.63) is 14.7 Å². The number of hydrogen-bond acceptors (Lipinski definition) is 3. The maximum atomic E-state index is 5.97. The molecule has 0 radical (unpaired) electrons. The number of hydrogen-bond donors (Lipinski definition) is 2. The molecule has 0 amide bonds. The third-order valence-corrected chi connectivity index (χ3v) is 4.34. The predicted octanol–water partition coefficient (Wildman–Crippen LogP) is 2.56. The van der Waals surface area contributed by atoms with Crippen LogP contribution in [0.3, 0.4) is 0 Å². The molecule has 4 heteroatoms. The second kappa shape index (κ2) is 3.98. The van der Waals surface area contributed by atoms with E-state index in [1.54, 1.807) is 11.3 Å². The van der Waals surface area contributed by atoms with Gasteiger partial charge < -0.3 is 11.1 Å². The summed E-state index contributed by atoms with van der Waals surface area (Å²) >= 11 is 5.14. The molecule has 1 aliphatic heterocycles. The van der Waals surface area contributed by atoms with Crippen LogP contribution in [0.15, 0.2) is 9.17 Å². The van der Waals surface area contributed by atoms with Gasteiger partial charge >= 0.3 is 0 Å². The number of halogens is 1. The van der Waals surface area contributed by atoms with Gasteiger partial charge in [0.2, 0.25) is 0 Å². The zero-order valence-corrected chi connectivity index (χ0v) is 9.75. The minimum Gasteiger partial charge on any atom is -0.397 e. The van der Waals surface area contributed by atoms with Crippen molar-refractivity contribution in [2.45, 2.75) is 18.8 Å². The van der Waals surface area contributed by atoms with E-state index in [1.807, 2.05) is 0 Å². The zero-order chi connectivity index (χ0) is 9.26. The number of thiophene rings is 1. The average Bonchev–Trinajstić information content (AvgIpc) is 2.49. The highest BCUT2D eigenvalue weighted by Crippen LogP contribution is 2.37. The molecule has 3 N–H and O–H groups in total. The maximum Gasteiger partial charge on any atom is 0.0930 e. The van der Waals surface area contributed by atoms with Crippen LogP contribution in [0.4, 0.5) is 5.69 Å². The lowest BCUT2D eigenvalue weighted by Gasteiger charge is -2.22. The molecule has 1 fully saturated rings. The van der Waals surface area contributed by atoms with E-state index in [9.17, 15) is 0 Å². The molecule has 1 aromatic rings. The van der Waals surface area contributed by atoms with Crippen molar-refractivity contribution in [2.24, 2.45) is 0 Å². The van der Waals surface area contributed by atoms with Crippen molar-refractivity contribution in [1.29, 1.82) is 0 Å². The summed E-state index contributed by atoms with van der Waals surface area (Å²) in [5.74, 6) is 0.622. The van der Waals surface area contributed by atoms with Crippen molar-refractivity contribution in [3.8, 4) is 0 Å². The van der Waals surface area contributed by atoms with Gasteiger partial charge in [0.15, 0.2) is 0 Å². The van der Waals surface area contributed by atoms with E-state index in [0.29, 0.717) is 5.92 Å². The fourth-order valence-corrected chi connectivity index (χ4v) is 3.09. The Labute approximate surface area is 90.6 Å². The largest absolute Gasteiger partial charge is 0.397 e. The number of rotatable bonds is 1. The lowest BCUT2D eigenvalue weighted by Crippen LogP contribution is -2.28. The van der Waals surface area contributed by atoms with E-state index in [-0.39, 0.29) is 0 Å².